The van der Waals surface area contributed by atoms with Crippen LogP contribution in [0.2, 0.25) is 0 Å². The zero-order valence-electron chi connectivity index (χ0n) is 19.7. The number of fused-ring (bicyclic) bond motifs is 1. The first kappa shape index (κ1) is 24.1. The summed E-state index contributed by atoms with van der Waals surface area (Å²) in [6.45, 7) is 7.94. The first-order chi connectivity index (χ1) is 16.5. The summed E-state index contributed by atoms with van der Waals surface area (Å²) in [5.41, 5.74) is 2.93. The predicted octanol–water partition coefficient (Wildman–Crippen LogP) is 2.49. The molecule has 1 N–H and O–H groups in total. The van der Waals surface area contributed by atoms with Gasteiger partial charge in [0, 0.05) is 56.6 Å². The van der Waals surface area contributed by atoms with E-state index in [2.05, 4.69) is 15.2 Å². The molecule has 0 unspecified atom stereocenters. The lowest BCUT2D eigenvalue weighted by Crippen LogP contribution is -2.51. The van der Waals surface area contributed by atoms with Crippen LogP contribution in [0, 0.1) is 6.92 Å². The van der Waals surface area contributed by atoms with E-state index in [9.17, 15) is 14.4 Å². The number of aryl methyl sites for hydroxylation is 2. The van der Waals surface area contributed by atoms with E-state index in [1.165, 1.54) is 11.3 Å². The molecule has 0 spiro atoms. The third kappa shape index (κ3) is 5.53. The molecule has 0 atom stereocenters. The summed E-state index contributed by atoms with van der Waals surface area (Å²) in [6.07, 6.45) is 2.70. The average Bonchev–Trinajstić information content (AvgIpc) is 3.28. The molecule has 8 nitrogen and oxygen atoms in total. The van der Waals surface area contributed by atoms with Gasteiger partial charge in [0.1, 0.15) is 4.83 Å². The Morgan fingerprint density at radius 3 is 2.56 bits per heavy atom. The Morgan fingerprint density at radius 2 is 1.85 bits per heavy atom. The molecule has 3 aromatic rings. The van der Waals surface area contributed by atoms with E-state index in [0.717, 1.165) is 23.1 Å². The molecule has 1 aromatic carbocycles. The monoisotopic (exact) mass is 481 g/mol. The van der Waals surface area contributed by atoms with Crippen LogP contribution in [-0.4, -0.2) is 70.4 Å². The smallest absolute Gasteiger partial charge is 0.262 e. The lowest BCUT2D eigenvalue weighted by atomic mass is 10.1. The Labute approximate surface area is 203 Å². The van der Waals surface area contributed by atoms with Crippen LogP contribution in [0.15, 0.2) is 40.8 Å². The van der Waals surface area contributed by atoms with Crippen molar-refractivity contribution in [2.24, 2.45) is 0 Å². The van der Waals surface area contributed by atoms with Gasteiger partial charge in [-0.1, -0.05) is 36.8 Å². The van der Waals surface area contributed by atoms with E-state index in [0.29, 0.717) is 56.0 Å². The molecule has 1 saturated heterocycles. The average molecular weight is 482 g/mol. The van der Waals surface area contributed by atoms with Crippen LogP contribution in [0.5, 0.6) is 0 Å². The SMILES string of the molecule is CCCNC(=O)CN1CCN(C(=O)CCn2cnc3scc(-c4ccc(C)cc4)c3c2=O)CC1. The Hall–Kier alpha value is -3.04. The first-order valence-corrected chi connectivity index (χ1v) is 12.6. The van der Waals surface area contributed by atoms with Gasteiger partial charge in [0.2, 0.25) is 11.8 Å². The maximum atomic E-state index is 13.2. The molecule has 180 valence electrons. The standard InChI is InChI=1S/C25H31N5O3S/c1-3-9-26-21(31)15-28-11-13-29(14-12-28)22(32)8-10-30-17-27-24-23(25(30)33)20(16-34-24)19-6-4-18(2)5-7-19/h4-7,16-17H,3,8-15H2,1-2H3,(H,26,31). The van der Waals surface area contributed by atoms with E-state index in [-0.39, 0.29) is 23.8 Å². The number of aromatic nitrogens is 2. The van der Waals surface area contributed by atoms with E-state index >= 15 is 0 Å². The second kappa shape index (κ2) is 10.9. The van der Waals surface area contributed by atoms with Crippen LogP contribution < -0.4 is 10.9 Å². The van der Waals surface area contributed by atoms with Crippen LogP contribution in [0.4, 0.5) is 0 Å². The molecule has 9 heteroatoms. The summed E-state index contributed by atoms with van der Waals surface area (Å²) < 4.78 is 1.54. The maximum absolute atomic E-state index is 13.2. The van der Waals surface area contributed by atoms with Gasteiger partial charge in [-0.25, -0.2) is 4.98 Å². The Bertz CT molecular complexity index is 1210. The maximum Gasteiger partial charge on any atom is 0.262 e. The predicted molar refractivity (Wildman–Crippen MR) is 135 cm³/mol. The summed E-state index contributed by atoms with van der Waals surface area (Å²) >= 11 is 1.46. The molecule has 2 aromatic heterocycles. The fraction of sp³-hybridized carbons (Fsp3) is 0.440. The lowest BCUT2D eigenvalue weighted by Gasteiger charge is -2.34. The molecule has 0 aliphatic carbocycles. The van der Waals surface area contributed by atoms with Crippen molar-refractivity contribution in [3.05, 3.63) is 51.9 Å². The van der Waals surface area contributed by atoms with Crippen LogP contribution in [0.3, 0.4) is 0 Å². The van der Waals surface area contributed by atoms with Gasteiger partial charge in [-0.05, 0) is 18.9 Å². The molecule has 0 bridgehead atoms. The highest BCUT2D eigenvalue weighted by molar-refractivity contribution is 7.17. The molecule has 34 heavy (non-hydrogen) atoms. The Morgan fingerprint density at radius 1 is 1.12 bits per heavy atom. The van der Waals surface area contributed by atoms with Crippen LogP contribution in [0.1, 0.15) is 25.3 Å². The van der Waals surface area contributed by atoms with E-state index < -0.39 is 0 Å². The summed E-state index contributed by atoms with van der Waals surface area (Å²) in [5.74, 6) is 0.0495. The normalized spacial score (nSPS) is 14.5. The largest absolute Gasteiger partial charge is 0.355 e. The number of hydrogen-bond acceptors (Lipinski definition) is 6. The molecule has 0 saturated carbocycles. The van der Waals surface area contributed by atoms with Crippen molar-refractivity contribution in [1.82, 2.24) is 24.7 Å². The van der Waals surface area contributed by atoms with Gasteiger partial charge in [-0.3, -0.25) is 23.9 Å². The van der Waals surface area contributed by atoms with Crippen molar-refractivity contribution in [1.29, 1.82) is 0 Å². The van der Waals surface area contributed by atoms with Crippen molar-refractivity contribution in [2.75, 3.05) is 39.3 Å². The lowest BCUT2D eigenvalue weighted by molar-refractivity contribution is -0.133. The molecule has 0 radical (unpaired) electrons. The third-order valence-corrected chi connectivity index (χ3v) is 7.04. The molecule has 1 fully saturated rings. The summed E-state index contributed by atoms with van der Waals surface area (Å²) in [4.78, 5) is 47.0. The highest BCUT2D eigenvalue weighted by atomic mass is 32.1. The van der Waals surface area contributed by atoms with Crippen LogP contribution in [-0.2, 0) is 16.1 Å². The Balaban J connectivity index is 1.36. The van der Waals surface area contributed by atoms with Gasteiger partial charge < -0.3 is 10.2 Å². The van der Waals surface area contributed by atoms with E-state index in [1.54, 1.807) is 10.9 Å². The van der Waals surface area contributed by atoms with E-state index in [1.807, 2.05) is 48.4 Å². The highest BCUT2D eigenvalue weighted by Gasteiger charge is 2.22. The minimum absolute atomic E-state index is 0.0196. The van der Waals surface area contributed by atoms with Gasteiger partial charge in [-0.15, -0.1) is 11.3 Å². The van der Waals surface area contributed by atoms with Crippen molar-refractivity contribution in [3.63, 3.8) is 0 Å². The minimum atomic E-state index is -0.113. The zero-order valence-corrected chi connectivity index (χ0v) is 20.6. The Kier molecular flexibility index (Phi) is 7.74. The van der Waals surface area contributed by atoms with Crippen LogP contribution >= 0.6 is 11.3 Å². The molecule has 1 aliphatic rings. The van der Waals surface area contributed by atoms with Gasteiger partial charge in [-0.2, -0.15) is 0 Å². The van der Waals surface area contributed by atoms with Gasteiger partial charge in [0.15, 0.2) is 0 Å². The number of rotatable bonds is 8. The summed E-state index contributed by atoms with van der Waals surface area (Å²) in [5, 5.41) is 5.47. The molecular formula is C25H31N5O3S. The molecule has 3 heterocycles. The summed E-state index contributed by atoms with van der Waals surface area (Å²) in [6, 6.07) is 8.10. The fourth-order valence-corrected chi connectivity index (χ4v) is 5.03. The molecule has 1 aliphatic heterocycles. The van der Waals surface area contributed by atoms with Crippen molar-refractivity contribution in [2.45, 2.75) is 33.2 Å². The first-order valence-electron chi connectivity index (χ1n) is 11.8. The minimum Gasteiger partial charge on any atom is -0.355 e. The molecular weight excluding hydrogens is 450 g/mol. The highest BCUT2D eigenvalue weighted by Crippen LogP contribution is 2.30. The number of piperazine rings is 1. The van der Waals surface area contributed by atoms with Gasteiger partial charge in [0.05, 0.1) is 18.3 Å². The number of carbonyl (C=O) groups excluding carboxylic acids is 2. The number of benzene rings is 1. The topological polar surface area (TPSA) is 87.5 Å². The summed E-state index contributed by atoms with van der Waals surface area (Å²) in [7, 11) is 0. The van der Waals surface area contributed by atoms with E-state index in [4.69, 9.17) is 0 Å². The van der Waals surface area contributed by atoms with Crippen molar-refractivity contribution >= 4 is 33.4 Å². The fourth-order valence-electron chi connectivity index (χ4n) is 4.13. The van der Waals surface area contributed by atoms with Gasteiger partial charge in [0.25, 0.3) is 5.56 Å². The second-order valence-corrected chi connectivity index (χ2v) is 9.55. The van der Waals surface area contributed by atoms with Crippen molar-refractivity contribution in [3.8, 4) is 11.1 Å². The number of nitrogens with one attached hydrogen (secondary N) is 1. The third-order valence-electron chi connectivity index (χ3n) is 6.15. The number of carbonyl (C=O) groups is 2. The number of nitrogens with zero attached hydrogens (tertiary/aromatic N) is 4. The number of hydrogen-bond donors (Lipinski definition) is 1. The number of amides is 2. The van der Waals surface area contributed by atoms with Crippen LogP contribution in [0.25, 0.3) is 21.3 Å². The quantitative estimate of drug-likeness (QED) is 0.534. The second-order valence-electron chi connectivity index (χ2n) is 8.70. The van der Waals surface area contributed by atoms with Crippen molar-refractivity contribution < 1.29 is 9.59 Å². The number of thiophene rings is 1. The zero-order chi connectivity index (χ0) is 24.1. The molecule has 2 amide bonds. The molecule has 4 rings (SSSR count). The van der Waals surface area contributed by atoms with Gasteiger partial charge >= 0.3 is 0 Å².